The quantitative estimate of drug-likeness (QED) is 0.858. The number of carbonyl (C=O) groups is 1. The molecule has 122 valence electrons. The lowest BCUT2D eigenvalue weighted by molar-refractivity contribution is 0.163. The molecule has 2 aromatic rings. The Morgan fingerprint density at radius 2 is 1.91 bits per heavy atom. The predicted octanol–water partition coefficient (Wildman–Crippen LogP) is 3.59. The molecule has 0 radical (unpaired) electrons. The van der Waals surface area contributed by atoms with Crippen LogP contribution in [-0.2, 0) is 11.4 Å². The van der Waals surface area contributed by atoms with E-state index >= 15 is 0 Å². The zero-order valence-corrected chi connectivity index (χ0v) is 13.9. The van der Waals surface area contributed by atoms with E-state index in [1.807, 2.05) is 56.3 Å². The van der Waals surface area contributed by atoms with Crippen molar-refractivity contribution in [1.82, 2.24) is 5.32 Å². The van der Waals surface area contributed by atoms with Gasteiger partial charge in [0.05, 0.1) is 12.8 Å². The highest BCUT2D eigenvalue weighted by Gasteiger charge is 2.17. The van der Waals surface area contributed by atoms with Gasteiger partial charge in [0.1, 0.15) is 12.4 Å². The van der Waals surface area contributed by atoms with Crippen molar-refractivity contribution in [3.05, 3.63) is 59.2 Å². The number of rotatable bonds is 5. The first kappa shape index (κ1) is 16.8. The molecule has 5 nitrogen and oxygen atoms in total. The average Bonchev–Trinajstić information content (AvgIpc) is 2.57. The molecule has 0 heterocycles. The van der Waals surface area contributed by atoms with E-state index in [0.29, 0.717) is 12.3 Å². The van der Waals surface area contributed by atoms with E-state index in [-0.39, 0.29) is 6.03 Å². The minimum atomic E-state index is -0.341. The summed E-state index contributed by atoms with van der Waals surface area (Å²) in [6, 6.07) is 13.2. The zero-order valence-electron chi connectivity index (χ0n) is 13.9. The van der Waals surface area contributed by atoms with Gasteiger partial charge >= 0.3 is 6.03 Å². The van der Waals surface area contributed by atoms with Gasteiger partial charge in [0.2, 0.25) is 0 Å². The van der Waals surface area contributed by atoms with Crippen LogP contribution in [0.25, 0.3) is 0 Å². The normalized spacial score (nSPS) is 10.3. The molecule has 0 aliphatic heterocycles. The number of para-hydroxylation sites is 1. The third-order valence-corrected chi connectivity index (χ3v) is 3.52. The standard InChI is InChI=1S/C18H22N2O3/c1-13-9-10-14(2)17(11-13)23-12-15-7-5-6-8-16(15)20(22-4)18(21)19-3/h5-11H,12H2,1-4H3,(H,19,21). The Morgan fingerprint density at radius 3 is 2.61 bits per heavy atom. The van der Waals surface area contributed by atoms with Crippen LogP contribution in [0.2, 0.25) is 0 Å². The van der Waals surface area contributed by atoms with Gasteiger partial charge in [0.15, 0.2) is 0 Å². The number of anilines is 1. The van der Waals surface area contributed by atoms with E-state index in [1.54, 1.807) is 7.05 Å². The number of urea groups is 1. The lowest BCUT2D eigenvalue weighted by Gasteiger charge is -2.22. The van der Waals surface area contributed by atoms with Gasteiger partial charge in [-0.1, -0.05) is 30.3 Å². The Labute approximate surface area is 136 Å². The van der Waals surface area contributed by atoms with E-state index in [4.69, 9.17) is 9.57 Å². The maximum absolute atomic E-state index is 11.9. The van der Waals surface area contributed by atoms with Gasteiger partial charge in [-0.25, -0.2) is 4.79 Å². The van der Waals surface area contributed by atoms with E-state index < -0.39 is 0 Å². The molecular formula is C18H22N2O3. The molecule has 0 aromatic heterocycles. The van der Waals surface area contributed by atoms with Gasteiger partial charge in [-0.3, -0.25) is 4.84 Å². The van der Waals surface area contributed by atoms with Crippen molar-refractivity contribution in [3.8, 4) is 5.75 Å². The van der Waals surface area contributed by atoms with Gasteiger partial charge in [0, 0.05) is 12.6 Å². The highest BCUT2D eigenvalue weighted by atomic mass is 16.7. The van der Waals surface area contributed by atoms with Gasteiger partial charge in [-0.2, -0.15) is 5.06 Å². The molecule has 0 fully saturated rings. The van der Waals surface area contributed by atoms with Crippen molar-refractivity contribution in [1.29, 1.82) is 0 Å². The number of nitrogens with one attached hydrogen (secondary N) is 1. The minimum absolute atomic E-state index is 0.341. The maximum Gasteiger partial charge on any atom is 0.345 e. The number of hydroxylamine groups is 1. The fourth-order valence-corrected chi connectivity index (χ4v) is 2.24. The van der Waals surface area contributed by atoms with Crippen LogP contribution in [0.3, 0.4) is 0 Å². The molecule has 0 bridgehead atoms. The number of ether oxygens (including phenoxy) is 1. The lowest BCUT2D eigenvalue weighted by atomic mass is 10.1. The fraction of sp³-hybridized carbons (Fsp3) is 0.278. The molecule has 0 aliphatic rings. The summed E-state index contributed by atoms with van der Waals surface area (Å²) in [5.74, 6) is 0.837. The molecule has 2 aromatic carbocycles. The van der Waals surface area contributed by atoms with Crippen LogP contribution in [0, 0.1) is 13.8 Å². The van der Waals surface area contributed by atoms with E-state index in [1.165, 1.54) is 12.2 Å². The molecule has 1 N–H and O–H groups in total. The summed E-state index contributed by atoms with van der Waals surface area (Å²) in [6.45, 7) is 4.38. The topological polar surface area (TPSA) is 50.8 Å². The average molecular weight is 314 g/mol. The number of aryl methyl sites for hydroxylation is 2. The number of hydrogen-bond donors (Lipinski definition) is 1. The molecule has 0 atom stereocenters. The SMILES string of the molecule is CNC(=O)N(OC)c1ccccc1COc1cc(C)ccc1C. The molecule has 0 unspecified atom stereocenters. The van der Waals surface area contributed by atoms with E-state index in [9.17, 15) is 4.79 Å². The molecule has 2 amide bonds. The predicted molar refractivity (Wildman–Crippen MR) is 90.6 cm³/mol. The van der Waals surface area contributed by atoms with Gasteiger partial charge in [-0.15, -0.1) is 0 Å². The van der Waals surface area contributed by atoms with E-state index in [2.05, 4.69) is 5.32 Å². The van der Waals surface area contributed by atoms with E-state index in [0.717, 1.165) is 22.4 Å². The summed E-state index contributed by atoms with van der Waals surface area (Å²) >= 11 is 0. The van der Waals surface area contributed by atoms with Crippen LogP contribution in [0.5, 0.6) is 5.75 Å². The zero-order chi connectivity index (χ0) is 16.8. The minimum Gasteiger partial charge on any atom is -0.489 e. The Hall–Kier alpha value is -2.53. The first-order chi connectivity index (χ1) is 11.1. The van der Waals surface area contributed by atoms with Crippen LogP contribution >= 0.6 is 0 Å². The summed E-state index contributed by atoms with van der Waals surface area (Å²) in [6.07, 6.45) is 0. The third-order valence-electron chi connectivity index (χ3n) is 3.52. The summed E-state index contributed by atoms with van der Waals surface area (Å²) in [7, 11) is 3.02. The molecule has 0 saturated heterocycles. The first-order valence-electron chi connectivity index (χ1n) is 7.40. The molecule has 0 saturated carbocycles. The fourth-order valence-electron chi connectivity index (χ4n) is 2.24. The Kier molecular flexibility index (Phi) is 5.60. The van der Waals surface area contributed by atoms with Crippen molar-refractivity contribution < 1.29 is 14.4 Å². The Balaban J connectivity index is 2.23. The van der Waals surface area contributed by atoms with Crippen molar-refractivity contribution >= 4 is 11.7 Å². The maximum atomic E-state index is 11.9. The van der Waals surface area contributed by atoms with Crippen LogP contribution in [-0.4, -0.2) is 20.2 Å². The van der Waals surface area contributed by atoms with Gasteiger partial charge < -0.3 is 10.1 Å². The smallest absolute Gasteiger partial charge is 0.345 e. The first-order valence-corrected chi connectivity index (χ1v) is 7.40. The van der Waals surface area contributed by atoms with Crippen LogP contribution < -0.4 is 15.1 Å². The molecule has 5 heteroatoms. The van der Waals surface area contributed by atoms with Crippen LogP contribution in [0.1, 0.15) is 16.7 Å². The van der Waals surface area contributed by atoms with Crippen LogP contribution in [0.15, 0.2) is 42.5 Å². The highest BCUT2D eigenvalue weighted by molar-refractivity contribution is 5.90. The Morgan fingerprint density at radius 1 is 1.17 bits per heavy atom. The van der Waals surface area contributed by atoms with Crippen molar-refractivity contribution in [2.24, 2.45) is 0 Å². The summed E-state index contributed by atoms with van der Waals surface area (Å²) in [5.41, 5.74) is 3.73. The molecule has 23 heavy (non-hydrogen) atoms. The molecule has 0 spiro atoms. The second-order valence-electron chi connectivity index (χ2n) is 5.22. The van der Waals surface area contributed by atoms with Crippen molar-refractivity contribution in [2.45, 2.75) is 20.5 Å². The number of nitrogens with zero attached hydrogens (tertiary/aromatic N) is 1. The Bertz CT molecular complexity index is 686. The number of carbonyl (C=O) groups excluding carboxylic acids is 1. The highest BCUT2D eigenvalue weighted by Crippen LogP contribution is 2.25. The monoisotopic (exact) mass is 314 g/mol. The van der Waals surface area contributed by atoms with Crippen molar-refractivity contribution in [3.63, 3.8) is 0 Å². The number of benzene rings is 2. The summed E-state index contributed by atoms with van der Waals surface area (Å²) in [5, 5.41) is 3.76. The van der Waals surface area contributed by atoms with Crippen LogP contribution in [0.4, 0.5) is 10.5 Å². The number of hydrogen-bond acceptors (Lipinski definition) is 3. The van der Waals surface area contributed by atoms with Gasteiger partial charge in [0.25, 0.3) is 0 Å². The summed E-state index contributed by atoms with van der Waals surface area (Å²) in [4.78, 5) is 17.1. The molecular weight excluding hydrogens is 292 g/mol. The summed E-state index contributed by atoms with van der Waals surface area (Å²) < 4.78 is 5.94. The second-order valence-corrected chi connectivity index (χ2v) is 5.22. The van der Waals surface area contributed by atoms with Gasteiger partial charge in [-0.05, 0) is 37.1 Å². The van der Waals surface area contributed by atoms with Crippen molar-refractivity contribution in [2.75, 3.05) is 19.2 Å². The lowest BCUT2D eigenvalue weighted by Crippen LogP contribution is -2.37. The molecule has 2 rings (SSSR count). The molecule has 0 aliphatic carbocycles. The largest absolute Gasteiger partial charge is 0.489 e. The third kappa shape index (κ3) is 4.02. The number of amides is 2. The second kappa shape index (κ2) is 7.65.